The molecule has 12 heavy (non-hydrogen) atoms. The van der Waals surface area contributed by atoms with Crippen LogP contribution in [0.2, 0.25) is 0 Å². The molecule has 0 amide bonds. The van der Waals surface area contributed by atoms with Gasteiger partial charge in [0.05, 0.1) is 18.9 Å². The first-order valence-electron chi connectivity index (χ1n) is 4.78. The van der Waals surface area contributed by atoms with E-state index in [4.69, 9.17) is 4.42 Å². The van der Waals surface area contributed by atoms with E-state index in [1.54, 1.807) is 0 Å². The number of fused-ring (bicyclic) bond motifs is 1. The van der Waals surface area contributed by atoms with Gasteiger partial charge in [0.2, 0.25) is 0 Å². The van der Waals surface area contributed by atoms with Crippen molar-refractivity contribution >= 4 is 0 Å². The summed E-state index contributed by atoms with van der Waals surface area (Å²) in [7, 11) is 0. The fourth-order valence-electron chi connectivity index (χ4n) is 1.82. The van der Waals surface area contributed by atoms with E-state index >= 15 is 0 Å². The Bertz CT molecular complexity index is 278. The van der Waals surface area contributed by atoms with Crippen LogP contribution in [-0.2, 0) is 12.8 Å². The van der Waals surface area contributed by atoms with Gasteiger partial charge in [-0.1, -0.05) is 6.42 Å². The second kappa shape index (κ2) is 3.26. The molecule has 0 spiro atoms. The molecule has 0 saturated heterocycles. The quantitative estimate of drug-likeness (QED) is 0.422. The molecule has 1 nitrogen and oxygen atoms in total. The molecule has 1 aromatic heterocycles. The molecule has 0 saturated carbocycles. The first-order valence-corrected chi connectivity index (χ1v) is 4.78. The fourth-order valence-corrected chi connectivity index (χ4v) is 1.82. The average molecular weight is 163 g/mol. The van der Waals surface area contributed by atoms with Crippen molar-refractivity contribution in [3.05, 3.63) is 29.2 Å². The van der Waals surface area contributed by atoms with Crippen molar-refractivity contribution in [3.8, 4) is 0 Å². The molecule has 0 aromatic carbocycles. The minimum absolute atomic E-state index is 1.04. The van der Waals surface area contributed by atoms with Crippen LogP contribution in [0.1, 0.15) is 36.3 Å². The van der Waals surface area contributed by atoms with Gasteiger partial charge >= 0.3 is 11.5 Å². The summed E-state index contributed by atoms with van der Waals surface area (Å²) in [4.78, 5) is 0. The van der Waals surface area contributed by atoms with Crippen molar-refractivity contribution in [1.82, 2.24) is 0 Å². The van der Waals surface area contributed by atoms with Gasteiger partial charge in [0, 0.05) is 6.07 Å². The summed E-state index contributed by atoms with van der Waals surface area (Å²) in [6.45, 7) is 2.02. The second-order valence-electron chi connectivity index (χ2n) is 3.56. The molecular formula is C11H15O+. The Morgan fingerprint density at radius 1 is 1.08 bits per heavy atom. The maximum atomic E-state index is 5.68. The van der Waals surface area contributed by atoms with Gasteiger partial charge in [-0.2, -0.15) is 0 Å². The number of aryl methyl sites for hydroxylation is 3. The summed E-state index contributed by atoms with van der Waals surface area (Å²) in [5, 5.41) is 0. The van der Waals surface area contributed by atoms with E-state index in [2.05, 4.69) is 12.1 Å². The molecule has 0 N–H and O–H groups in total. The molecule has 0 fully saturated rings. The normalized spacial score (nSPS) is 16.8. The molecule has 1 aromatic rings. The molecule has 1 heterocycles. The van der Waals surface area contributed by atoms with Crippen LogP contribution in [0.4, 0.5) is 0 Å². The largest absolute Gasteiger partial charge is 0.332 e. The molecule has 64 valence electrons. The van der Waals surface area contributed by atoms with Crippen LogP contribution in [0.25, 0.3) is 0 Å². The summed E-state index contributed by atoms with van der Waals surface area (Å²) in [5.74, 6) is 2.27. The predicted octanol–water partition coefficient (Wildman–Crippen LogP) is 3.14. The van der Waals surface area contributed by atoms with Crippen molar-refractivity contribution < 1.29 is 4.42 Å². The molecule has 1 heteroatoms. The summed E-state index contributed by atoms with van der Waals surface area (Å²) in [6.07, 6.45) is 6.31. The molecule has 0 radical (unpaired) electrons. The van der Waals surface area contributed by atoms with Crippen LogP contribution in [-0.4, -0.2) is 0 Å². The summed E-state index contributed by atoms with van der Waals surface area (Å²) >= 11 is 0. The van der Waals surface area contributed by atoms with Gasteiger partial charge in [0.15, 0.2) is 0 Å². The van der Waals surface area contributed by atoms with E-state index in [1.807, 2.05) is 6.92 Å². The zero-order valence-electron chi connectivity index (χ0n) is 7.60. The Morgan fingerprint density at radius 3 is 2.83 bits per heavy atom. The van der Waals surface area contributed by atoms with Crippen LogP contribution >= 0.6 is 0 Å². The molecule has 2 rings (SSSR count). The molecule has 0 bridgehead atoms. The van der Waals surface area contributed by atoms with Gasteiger partial charge in [-0.25, -0.2) is 4.42 Å². The van der Waals surface area contributed by atoms with Gasteiger partial charge < -0.3 is 0 Å². The van der Waals surface area contributed by atoms with Gasteiger partial charge in [-0.3, -0.25) is 0 Å². The highest BCUT2D eigenvalue weighted by atomic mass is 16.3. The maximum absolute atomic E-state index is 5.68. The molecule has 0 unspecified atom stereocenters. The first-order chi connectivity index (χ1) is 5.86. The summed E-state index contributed by atoms with van der Waals surface area (Å²) in [5.41, 5.74) is 1.43. The first kappa shape index (κ1) is 7.78. The van der Waals surface area contributed by atoms with Gasteiger partial charge in [-0.05, 0) is 25.3 Å². The number of rotatable bonds is 0. The van der Waals surface area contributed by atoms with E-state index in [-0.39, 0.29) is 0 Å². The lowest BCUT2D eigenvalue weighted by molar-refractivity contribution is 0.458. The molecule has 1 aliphatic carbocycles. The highest BCUT2D eigenvalue weighted by Gasteiger charge is 2.18. The third kappa shape index (κ3) is 1.50. The Balaban J connectivity index is 2.36. The van der Waals surface area contributed by atoms with Gasteiger partial charge in [0.1, 0.15) is 0 Å². The van der Waals surface area contributed by atoms with Crippen LogP contribution in [0.3, 0.4) is 0 Å². The van der Waals surface area contributed by atoms with Gasteiger partial charge in [0.25, 0.3) is 0 Å². The van der Waals surface area contributed by atoms with Crippen LogP contribution in [0.15, 0.2) is 16.5 Å². The summed E-state index contributed by atoms with van der Waals surface area (Å²) in [6, 6.07) is 4.30. The van der Waals surface area contributed by atoms with Crippen molar-refractivity contribution in [2.45, 2.75) is 39.0 Å². The highest BCUT2D eigenvalue weighted by molar-refractivity contribution is 5.20. The molecule has 0 atom stereocenters. The molecule has 1 aliphatic rings. The minimum Gasteiger partial charge on any atom is -0.218 e. The summed E-state index contributed by atoms with van der Waals surface area (Å²) < 4.78 is 5.68. The highest BCUT2D eigenvalue weighted by Crippen LogP contribution is 2.21. The van der Waals surface area contributed by atoms with E-state index in [9.17, 15) is 0 Å². The minimum atomic E-state index is 1.04. The second-order valence-corrected chi connectivity index (χ2v) is 3.56. The van der Waals surface area contributed by atoms with Crippen LogP contribution < -0.4 is 0 Å². The number of hydrogen-bond donors (Lipinski definition) is 0. The van der Waals surface area contributed by atoms with Crippen molar-refractivity contribution in [2.75, 3.05) is 0 Å². The van der Waals surface area contributed by atoms with Gasteiger partial charge in [-0.15, -0.1) is 0 Å². The SMILES string of the molecule is Cc1ccc2c([o+]1)CCCCC2. The molecule has 0 aliphatic heterocycles. The smallest absolute Gasteiger partial charge is 0.218 e. The van der Waals surface area contributed by atoms with E-state index in [0.717, 1.165) is 12.2 Å². The number of hydrogen-bond acceptors (Lipinski definition) is 0. The Hall–Kier alpha value is -0.850. The maximum Gasteiger partial charge on any atom is 0.332 e. The van der Waals surface area contributed by atoms with Crippen molar-refractivity contribution in [2.24, 2.45) is 0 Å². The lowest BCUT2D eigenvalue weighted by Gasteiger charge is -1.93. The zero-order chi connectivity index (χ0) is 8.39. The molecular weight excluding hydrogens is 148 g/mol. The topological polar surface area (TPSA) is 11.3 Å². The van der Waals surface area contributed by atoms with Crippen LogP contribution in [0, 0.1) is 6.92 Å². The van der Waals surface area contributed by atoms with Crippen LogP contribution in [0.5, 0.6) is 0 Å². The lowest BCUT2D eigenvalue weighted by Crippen LogP contribution is -1.90. The average Bonchev–Trinajstić information content (AvgIpc) is 2.28. The predicted molar refractivity (Wildman–Crippen MR) is 49.1 cm³/mol. The van der Waals surface area contributed by atoms with E-state index in [1.165, 1.54) is 37.0 Å². The zero-order valence-corrected chi connectivity index (χ0v) is 7.60. The monoisotopic (exact) mass is 163 g/mol. The van der Waals surface area contributed by atoms with Crippen molar-refractivity contribution in [3.63, 3.8) is 0 Å². The van der Waals surface area contributed by atoms with E-state index < -0.39 is 0 Å². The Morgan fingerprint density at radius 2 is 1.92 bits per heavy atom. The van der Waals surface area contributed by atoms with Crippen molar-refractivity contribution in [1.29, 1.82) is 0 Å². The van der Waals surface area contributed by atoms with E-state index in [0.29, 0.717) is 0 Å². The standard InChI is InChI=1S/C11H15O/c1-9-7-8-10-5-3-2-4-6-11(10)12-9/h7-8H,2-6H2,1H3/q+1. The fraction of sp³-hybridized carbons (Fsp3) is 0.545. The Kier molecular flexibility index (Phi) is 2.11. The Labute approximate surface area is 73.4 Å². The third-order valence-electron chi connectivity index (χ3n) is 2.51. The third-order valence-corrected chi connectivity index (χ3v) is 2.51. The lowest BCUT2D eigenvalue weighted by atomic mass is 10.1.